The van der Waals surface area contributed by atoms with Gasteiger partial charge in [0.15, 0.2) is 0 Å². The summed E-state index contributed by atoms with van der Waals surface area (Å²) in [6.07, 6.45) is 0. The van der Waals surface area contributed by atoms with E-state index in [9.17, 15) is 0 Å². The van der Waals surface area contributed by atoms with Gasteiger partial charge >= 0.3 is 0 Å². The average Bonchev–Trinajstić information content (AvgIpc) is 2.05. The van der Waals surface area contributed by atoms with Gasteiger partial charge in [-0.25, -0.2) is 0 Å². The second-order valence-corrected chi connectivity index (χ2v) is 3.09. The van der Waals surface area contributed by atoms with Gasteiger partial charge in [0.25, 0.3) is 0 Å². The molecule has 0 saturated heterocycles. The number of methoxy groups -OCH3 is 1. The highest BCUT2D eigenvalue weighted by molar-refractivity contribution is 6.32. The number of benzene rings is 1. The number of nitrogens with two attached hydrogens (primary N) is 1. The van der Waals surface area contributed by atoms with Gasteiger partial charge in [-0.1, -0.05) is 17.7 Å². The van der Waals surface area contributed by atoms with Crippen molar-refractivity contribution in [3.05, 3.63) is 28.8 Å². The van der Waals surface area contributed by atoms with E-state index in [1.54, 1.807) is 13.2 Å². The molecule has 1 rings (SSSR count). The Morgan fingerprint density at radius 1 is 1.46 bits per heavy atom. The first kappa shape index (κ1) is 12.6. The van der Waals surface area contributed by atoms with Crippen molar-refractivity contribution in [2.45, 2.75) is 13.0 Å². The molecule has 0 spiro atoms. The third kappa shape index (κ3) is 3.07. The molecule has 0 aromatic heterocycles. The van der Waals surface area contributed by atoms with Crippen molar-refractivity contribution in [3.63, 3.8) is 0 Å². The van der Waals surface area contributed by atoms with Crippen LogP contribution < -0.4 is 10.5 Å². The molecule has 0 aliphatic rings. The summed E-state index contributed by atoms with van der Waals surface area (Å²) < 4.78 is 5.05. The van der Waals surface area contributed by atoms with Crippen LogP contribution in [0.1, 0.15) is 18.5 Å². The van der Waals surface area contributed by atoms with Gasteiger partial charge in [0.2, 0.25) is 0 Å². The van der Waals surface area contributed by atoms with Gasteiger partial charge in [0, 0.05) is 6.04 Å². The lowest BCUT2D eigenvalue weighted by molar-refractivity contribution is 0.414. The van der Waals surface area contributed by atoms with Crippen molar-refractivity contribution < 1.29 is 4.74 Å². The summed E-state index contributed by atoms with van der Waals surface area (Å²) in [6, 6.07) is 5.55. The number of hydrogen-bond acceptors (Lipinski definition) is 2. The predicted molar refractivity (Wildman–Crippen MR) is 57.9 cm³/mol. The molecule has 0 unspecified atom stereocenters. The molecule has 4 heteroatoms. The molecular formula is C9H13Cl2NO. The maximum atomic E-state index is 5.84. The molecule has 1 aromatic carbocycles. The van der Waals surface area contributed by atoms with Crippen LogP contribution in [0.15, 0.2) is 18.2 Å². The highest BCUT2D eigenvalue weighted by Gasteiger charge is 2.04. The van der Waals surface area contributed by atoms with Gasteiger partial charge in [0.1, 0.15) is 5.75 Å². The fraction of sp³-hybridized carbons (Fsp3) is 0.333. The van der Waals surface area contributed by atoms with Crippen LogP contribution in [0.2, 0.25) is 5.02 Å². The van der Waals surface area contributed by atoms with Gasteiger partial charge in [-0.15, -0.1) is 12.4 Å². The standard InChI is InChI=1S/C9H12ClNO.ClH/c1-6(11)7-3-4-8(10)9(5-7)12-2;/h3-6H,11H2,1-2H3;1H/t6-;/m1./s1. The molecule has 1 atom stereocenters. The maximum Gasteiger partial charge on any atom is 0.137 e. The molecule has 0 aliphatic heterocycles. The van der Waals surface area contributed by atoms with Crippen LogP contribution in [-0.4, -0.2) is 7.11 Å². The summed E-state index contributed by atoms with van der Waals surface area (Å²) in [5.41, 5.74) is 6.71. The SMILES string of the molecule is COc1cc([C@@H](C)N)ccc1Cl.Cl. The minimum Gasteiger partial charge on any atom is -0.495 e. The minimum absolute atomic E-state index is 0. The number of ether oxygens (including phenoxy) is 1. The highest BCUT2D eigenvalue weighted by atomic mass is 35.5. The summed E-state index contributed by atoms with van der Waals surface area (Å²) in [4.78, 5) is 0. The van der Waals surface area contributed by atoms with E-state index < -0.39 is 0 Å². The predicted octanol–water partition coefficient (Wildman–Crippen LogP) is 2.79. The highest BCUT2D eigenvalue weighted by Crippen LogP contribution is 2.26. The topological polar surface area (TPSA) is 35.2 Å². The van der Waals surface area contributed by atoms with Crippen LogP contribution in [-0.2, 0) is 0 Å². The zero-order valence-electron chi connectivity index (χ0n) is 7.58. The smallest absolute Gasteiger partial charge is 0.137 e. The van der Waals surface area contributed by atoms with Gasteiger partial charge < -0.3 is 10.5 Å². The number of hydrogen-bond donors (Lipinski definition) is 1. The zero-order valence-corrected chi connectivity index (χ0v) is 9.15. The van der Waals surface area contributed by atoms with Crippen LogP contribution in [0.25, 0.3) is 0 Å². The molecule has 13 heavy (non-hydrogen) atoms. The lowest BCUT2D eigenvalue weighted by atomic mass is 10.1. The van der Waals surface area contributed by atoms with Crippen LogP contribution in [0.3, 0.4) is 0 Å². The summed E-state index contributed by atoms with van der Waals surface area (Å²) in [6.45, 7) is 1.92. The van der Waals surface area contributed by atoms with E-state index in [1.165, 1.54) is 0 Å². The molecule has 0 saturated carbocycles. The quantitative estimate of drug-likeness (QED) is 0.834. The lowest BCUT2D eigenvalue weighted by Crippen LogP contribution is -2.04. The fourth-order valence-electron chi connectivity index (χ4n) is 0.960. The Hall–Kier alpha value is -0.440. The molecule has 0 aliphatic carbocycles. The van der Waals surface area contributed by atoms with E-state index >= 15 is 0 Å². The van der Waals surface area contributed by atoms with E-state index in [1.807, 2.05) is 19.1 Å². The van der Waals surface area contributed by atoms with E-state index in [-0.39, 0.29) is 18.4 Å². The first-order chi connectivity index (χ1) is 5.65. The number of rotatable bonds is 2. The van der Waals surface area contributed by atoms with Gasteiger partial charge in [-0.2, -0.15) is 0 Å². The van der Waals surface area contributed by atoms with Crippen molar-refractivity contribution in [2.75, 3.05) is 7.11 Å². The van der Waals surface area contributed by atoms with Gasteiger partial charge in [0.05, 0.1) is 12.1 Å². The van der Waals surface area contributed by atoms with Crippen molar-refractivity contribution in [1.82, 2.24) is 0 Å². The fourth-order valence-corrected chi connectivity index (χ4v) is 1.15. The molecule has 1 aromatic rings. The largest absolute Gasteiger partial charge is 0.495 e. The summed E-state index contributed by atoms with van der Waals surface area (Å²) in [5.74, 6) is 0.673. The van der Waals surface area contributed by atoms with Crippen LogP contribution >= 0.6 is 24.0 Å². The van der Waals surface area contributed by atoms with E-state index in [4.69, 9.17) is 22.1 Å². The molecule has 0 fully saturated rings. The second kappa shape index (κ2) is 5.32. The van der Waals surface area contributed by atoms with Crippen molar-refractivity contribution >= 4 is 24.0 Å². The zero-order chi connectivity index (χ0) is 9.14. The molecule has 2 nitrogen and oxygen atoms in total. The molecule has 0 heterocycles. The third-order valence-electron chi connectivity index (χ3n) is 1.70. The van der Waals surface area contributed by atoms with Crippen molar-refractivity contribution in [1.29, 1.82) is 0 Å². The van der Waals surface area contributed by atoms with Gasteiger partial charge in [-0.05, 0) is 24.6 Å². The van der Waals surface area contributed by atoms with Gasteiger partial charge in [-0.3, -0.25) is 0 Å². The molecule has 0 radical (unpaired) electrons. The monoisotopic (exact) mass is 221 g/mol. The summed E-state index contributed by atoms with van der Waals surface area (Å²) in [5, 5.41) is 0.613. The summed E-state index contributed by atoms with van der Waals surface area (Å²) >= 11 is 5.84. The average molecular weight is 222 g/mol. The Balaban J connectivity index is 0.00000144. The van der Waals surface area contributed by atoms with E-state index in [0.717, 1.165) is 5.56 Å². The van der Waals surface area contributed by atoms with E-state index in [0.29, 0.717) is 10.8 Å². The van der Waals surface area contributed by atoms with Crippen LogP contribution in [0, 0.1) is 0 Å². The Morgan fingerprint density at radius 2 is 2.08 bits per heavy atom. The van der Waals surface area contributed by atoms with E-state index in [2.05, 4.69) is 0 Å². The minimum atomic E-state index is 0. The third-order valence-corrected chi connectivity index (χ3v) is 2.01. The molecule has 74 valence electrons. The Labute approximate surface area is 89.4 Å². The lowest BCUT2D eigenvalue weighted by Gasteiger charge is -2.08. The van der Waals surface area contributed by atoms with Crippen LogP contribution in [0.5, 0.6) is 5.75 Å². The summed E-state index contributed by atoms with van der Waals surface area (Å²) in [7, 11) is 1.59. The van der Waals surface area contributed by atoms with Crippen molar-refractivity contribution in [2.24, 2.45) is 5.73 Å². The van der Waals surface area contributed by atoms with Crippen molar-refractivity contribution in [3.8, 4) is 5.75 Å². The second-order valence-electron chi connectivity index (χ2n) is 2.68. The Kier molecular flexibility index (Phi) is 5.14. The normalized spacial score (nSPS) is 11.7. The van der Waals surface area contributed by atoms with Crippen LogP contribution in [0.4, 0.5) is 0 Å². The Bertz CT molecular complexity index is 276. The first-order valence-electron chi connectivity index (χ1n) is 3.74. The molecule has 2 N–H and O–H groups in total. The molecule has 0 bridgehead atoms. The maximum absolute atomic E-state index is 5.84. The first-order valence-corrected chi connectivity index (χ1v) is 4.12. The molecular weight excluding hydrogens is 209 g/mol. The Morgan fingerprint density at radius 3 is 2.54 bits per heavy atom. The number of halogens is 2. The molecule has 0 amide bonds.